The van der Waals surface area contributed by atoms with E-state index in [4.69, 9.17) is 15.7 Å². The van der Waals surface area contributed by atoms with Crippen molar-refractivity contribution in [3.8, 4) is 5.75 Å². The molecule has 0 amide bonds. The van der Waals surface area contributed by atoms with Crippen molar-refractivity contribution >= 4 is 26.9 Å². The van der Waals surface area contributed by atoms with Gasteiger partial charge in [0.05, 0.1) is 28.6 Å². The minimum absolute atomic E-state index is 0.0611. The van der Waals surface area contributed by atoms with Gasteiger partial charge in [-0.05, 0) is 46.5 Å². The Hall–Kier alpha value is -4.65. The summed E-state index contributed by atoms with van der Waals surface area (Å²) in [6.45, 7) is -0.832. The Balaban J connectivity index is 0.000000208. The van der Waals surface area contributed by atoms with Gasteiger partial charge in [-0.25, -0.2) is 4.98 Å². The number of aromatic nitrogens is 2. The maximum atomic E-state index is 13.7. The summed E-state index contributed by atoms with van der Waals surface area (Å²) in [7, 11) is -3.94. The van der Waals surface area contributed by atoms with Gasteiger partial charge in [0, 0.05) is 13.1 Å². The number of H-pyrrole nitrogens is 1. The molecule has 5 rings (SSSR count). The van der Waals surface area contributed by atoms with E-state index in [1.807, 2.05) is 0 Å². The third-order valence-electron chi connectivity index (χ3n) is 6.93. The highest BCUT2D eigenvalue weighted by molar-refractivity contribution is 7.86. The second-order valence-electron chi connectivity index (χ2n) is 9.74. The first-order valence-electron chi connectivity index (χ1n) is 13.7. The van der Waals surface area contributed by atoms with E-state index in [0.29, 0.717) is 35.2 Å². The van der Waals surface area contributed by atoms with Crippen molar-refractivity contribution in [3.05, 3.63) is 125 Å². The van der Waals surface area contributed by atoms with Crippen LogP contribution in [0.25, 0.3) is 11.0 Å². The van der Waals surface area contributed by atoms with Crippen LogP contribution in [0.1, 0.15) is 34.1 Å². The predicted octanol–water partition coefficient (Wildman–Crippen LogP) is 5.57. The fourth-order valence-electron chi connectivity index (χ4n) is 4.52. The third kappa shape index (κ3) is 7.84. The number of benzene rings is 4. The summed E-state index contributed by atoms with van der Waals surface area (Å²) in [5, 5.41) is 12.5. The molecule has 2 unspecified atom stereocenters. The van der Waals surface area contributed by atoms with Gasteiger partial charge < -0.3 is 25.8 Å². The average Bonchev–Trinajstić information content (AvgIpc) is 3.52. The molecule has 12 heteroatoms. The van der Waals surface area contributed by atoms with Crippen molar-refractivity contribution in [1.29, 1.82) is 0 Å². The molecule has 0 bridgehead atoms. The first-order valence-corrected chi connectivity index (χ1v) is 15.1. The molecule has 4 aromatic carbocycles. The number of rotatable bonds is 11. The molecule has 1 heterocycles. The van der Waals surface area contributed by atoms with E-state index < -0.39 is 35.3 Å². The molecule has 0 saturated carbocycles. The van der Waals surface area contributed by atoms with Crippen LogP contribution in [0.4, 0.5) is 8.78 Å². The van der Waals surface area contributed by atoms with Crippen molar-refractivity contribution in [2.75, 3.05) is 13.3 Å². The molecule has 0 radical (unpaired) electrons. The van der Waals surface area contributed by atoms with Gasteiger partial charge in [0.1, 0.15) is 19.1 Å². The smallest absolute Gasteiger partial charge is 0.373 e. The predicted molar refractivity (Wildman–Crippen MR) is 166 cm³/mol. The number of nitrogens with zero attached hydrogens (tertiary/aromatic N) is 2. The number of nitrogens with one attached hydrogen (secondary N) is 1. The number of halogens is 2. The first-order chi connectivity index (χ1) is 21.3. The largest absolute Gasteiger partial charge is 0.411 e. The van der Waals surface area contributed by atoms with E-state index in [1.54, 1.807) is 103 Å². The lowest BCUT2D eigenvalue weighted by Gasteiger charge is -2.22. The van der Waals surface area contributed by atoms with Gasteiger partial charge in [-0.1, -0.05) is 84.0 Å². The summed E-state index contributed by atoms with van der Waals surface area (Å²) >= 11 is 0. The van der Waals surface area contributed by atoms with Crippen molar-refractivity contribution in [2.45, 2.75) is 30.1 Å². The van der Waals surface area contributed by atoms with Gasteiger partial charge in [0.25, 0.3) is 5.16 Å². The van der Waals surface area contributed by atoms with Crippen molar-refractivity contribution in [2.24, 2.45) is 16.6 Å². The van der Waals surface area contributed by atoms with Crippen LogP contribution in [0.2, 0.25) is 0 Å². The first kappa shape index (κ1) is 32.3. The molecule has 1 aromatic heterocycles. The molecule has 6 N–H and O–H groups in total. The molecule has 9 nitrogen and oxygen atoms in total. The van der Waals surface area contributed by atoms with Gasteiger partial charge in [-0.15, -0.1) is 0 Å². The van der Waals surface area contributed by atoms with Crippen LogP contribution in [0.15, 0.2) is 113 Å². The minimum Gasteiger partial charge on any atom is -0.411 e. The highest BCUT2D eigenvalue weighted by Gasteiger charge is 2.28. The van der Waals surface area contributed by atoms with Crippen LogP contribution < -0.4 is 15.7 Å². The normalized spacial score (nSPS) is 12.5. The average molecular weight is 622 g/mol. The highest BCUT2D eigenvalue weighted by Crippen LogP contribution is 2.29. The Bertz CT molecular complexity index is 1670. The topological polar surface area (TPSA) is 157 Å². The molecule has 5 aromatic rings. The Morgan fingerprint density at radius 3 is 1.75 bits per heavy atom. The fraction of sp³-hybridized carbons (Fsp3) is 0.188. The number of oxime groups is 1. The summed E-state index contributed by atoms with van der Waals surface area (Å²) in [6, 6.07) is 29.4. The van der Waals surface area contributed by atoms with Crippen molar-refractivity contribution < 1.29 is 26.6 Å². The highest BCUT2D eigenvalue weighted by atomic mass is 32.2. The summed E-state index contributed by atoms with van der Waals surface area (Å²) in [5.74, 6) is -1.40. The molecule has 2 atom stereocenters. The second-order valence-corrected chi connectivity index (χ2v) is 11.2. The van der Waals surface area contributed by atoms with E-state index in [-0.39, 0.29) is 16.6 Å². The molecule has 0 saturated heterocycles. The molecular formula is C32H33F2N5O4S. The van der Waals surface area contributed by atoms with Gasteiger partial charge in [0.2, 0.25) is 0 Å². The third-order valence-corrected chi connectivity index (χ3v) is 8.01. The van der Waals surface area contributed by atoms with E-state index in [0.717, 1.165) is 11.1 Å². The van der Waals surface area contributed by atoms with Crippen LogP contribution in [0, 0.1) is 0 Å². The van der Waals surface area contributed by atoms with Crippen LogP contribution in [-0.2, 0) is 23.2 Å². The maximum absolute atomic E-state index is 13.7. The second kappa shape index (κ2) is 15.2. The number of fused-ring (bicyclic) bond motifs is 1. The SMILES string of the molecule is NCc1ccc(C(CF)C(=NO)C(CF)c2ccc(CN)cc2)cc1.O=S(=O)(Oc1ccccc1)c1nc2ccccc2[nH]1. The standard InChI is InChI=1S/C19H23F2N3O.C13H10N2O3S/c20-9-17(15-5-1-13(11-22)2-6-15)19(24-25)18(10-21)16-7-3-14(12-23)4-8-16;16-19(17,18-10-6-2-1-3-7-10)13-14-11-8-4-5-9-12(11)15-13/h1-8,17-18,25H,9-12,22-23H2;1-9H,(H,14,15). The van der Waals surface area contributed by atoms with E-state index in [9.17, 15) is 22.4 Å². The fourth-order valence-corrected chi connectivity index (χ4v) is 5.41. The Labute approximate surface area is 254 Å². The molecule has 0 spiro atoms. The minimum atomic E-state index is -3.94. The lowest BCUT2D eigenvalue weighted by Crippen LogP contribution is -2.24. The van der Waals surface area contributed by atoms with Crippen LogP contribution >= 0.6 is 0 Å². The summed E-state index contributed by atoms with van der Waals surface area (Å²) in [4.78, 5) is 6.74. The van der Waals surface area contributed by atoms with Crippen molar-refractivity contribution in [3.63, 3.8) is 0 Å². The molecule has 0 fully saturated rings. The Morgan fingerprint density at radius 1 is 0.795 bits per heavy atom. The molecule has 0 aliphatic heterocycles. The number of aromatic amines is 1. The zero-order chi connectivity index (χ0) is 31.5. The zero-order valence-electron chi connectivity index (χ0n) is 23.7. The van der Waals surface area contributed by atoms with Crippen LogP contribution in [-0.4, -0.2) is 42.7 Å². The summed E-state index contributed by atoms with van der Waals surface area (Å²) in [6.07, 6.45) is 0. The van der Waals surface area contributed by atoms with Gasteiger partial charge in [-0.3, -0.25) is 8.78 Å². The number of alkyl halides is 2. The molecule has 44 heavy (non-hydrogen) atoms. The van der Waals surface area contributed by atoms with Crippen LogP contribution in [0.3, 0.4) is 0 Å². The number of nitrogens with two attached hydrogens (primary N) is 2. The number of hydrogen-bond acceptors (Lipinski definition) is 8. The summed E-state index contributed by atoms with van der Waals surface area (Å²) < 4.78 is 56.6. The van der Waals surface area contributed by atoms with Gasteiger partial charge >= 0.3 is 10.1 Å². The molecule has 230 valence electrons. The quantitative estimate of drug-likeness (QED) is 0.0650. The zero-order valence-corrected chi connectivity index (χ0v) is 24.5. The number of para-hydroxylation sites is 3. The Morgan fingerprint density at radius 2 is 1.30 bits per heavy atom. The van der Waals surface area contributed by atoms with Crippen molar-refractivity contribution in [1.82, 2.24) is 9.97 Å². The van der Waals surface area contributed by atoms with E-state index >= 15 is 0 Å². The molecule has 0 aliphatic carbocycles. The number of imidazole rings is 1. The lowest BCUT2D eigenvalue weighted by atomic mass is 9.83. The Kier molecular flexibility index (Phi) is 11.1. The van der Waals surface area contributed by atoms with Gasteiger partial charge in [0.15, 0.2) is 0 Å². The molecule has 0 aliphatic rings. The molecular weight excluding hydrogens is 588 g/mol. The van der Waals surface area contributed by atoms with Gasteiger partial charge in [-0.2, -0.15) is 8.42 Å². The lowest BCUT2D eigenvalue weighted by molar-refractivity contribution is 0.309. The van der Waals surface area contributed by atoms with E-state index in [2.05, 4.69) is 15.1 Å². The maximum Gasteiger partial charge on any atom is 0.373 e. The monoisotopic (exact) mass is 621 g/mol. The van der Waals surface area contributed by atoms with Crippen LogP contribution in [0.5, 0.6) is 5.75 Å². The summed E-state index contributed by atoms with van der Waals surface area (Å²) in [5.41, 5.74) is 15.5. The van der Waals surface area contributed by atoms with E-state index in [1.165, 1.54) is 0 Å². The number of hydrogen-bond donors (Lipinski definition) is 4.